The summed E-state index contributed by atoms with van der Waals surface area (Å²) in [7, 11) is 3.00. The molecule has 166 valence electrons. The lowest BCUT2D eigenvalue weighted by molar-refractivity contribution is -0.147. The van der Waals surface area contributed by atoms with Crippen LogP contribution in [0.15, 0.2) is 42.5 Å². The van der Waals surface area contributed by atoms with Gasteiger partial charge in [0.25, 0.3) is 5.91 Å². The van der Waals surface area contributed by atoms with Crippen LogP contribution in [0.4, 0.5) is 11.4 Å². The quantitative estimate of drug-likeness (QED) is 0.531. The zero-order chi connectivity index (χ0) is 22.6. The third-order valence-corrected chi connectivity index (χ3v) is 4.50. The number of esters is 1. The van der Waals surface area contributed by atoms with Crippen molar-refractivity contribution < 1.29 is 28.6 Å². The number of carbonyl (C=O) groups excluding carboxylic acids is 3. The lowest BCUT2D eigenvalue weighted by Gasteiger charge is -2.12. The van der Waals surface area contributed by atoms with Gasteiger partial charge in [-0.05, 0) is 36.6 Å². The van der Waals surface area contributed by atoms with E-state index in [1.807, 2.05) is 31.2 Å². The summed E-state index contributed by atoms with van der Waals surface area (Å²) >= 11 is 0. The fourth-order valence-corrected chi connectivity index (χ4v) is 2.86. The van der Waals surface area contributed by atoms with Crippen molar-refractivity contribution in [3.8, 4) is 11.5 Å². The Morgan fingerprint density at radius 1 is 0.871 bits per heavy atom. The highest BCUT2D eigenvalue weighted by Gasteiger charge is 2.12. The maximum absolute atomic E-state index is 12.1. The van der Waals surface area contributed by atoms with Gasteiger partial charge in [-0.15, -0.1) is 0 Å². The summed E-state index contributed by atoms with van der Waals surface area (Å²) in [5.41, 5.74) is 2.27. The van der Waals surface area contributed by atoms with E-state index < -0.39 is 18.5 Å². The molecule has 0 heterocycles. The van der Waals surface area contributed by atoms with E-state index in [2.05, 4.69) is 10.6 Å². The first kappa shape index (κ1) is 23.7. The first-order valence-corrected chi connectivity index (χ1v) is 10.0. The summed E-state index contributed by atoms with van der Waals surface area (Å²) in [6, 6.07) is 12.5. The van der Waals surface area contributed by atoms with E-state index >= 15 is 0 Å². The van der Waals surface area contributed by atoms with Gasteiger partial charge < -0.3 is 24.8 Å². The van der Waals surface area contributed by atoms with Crippen LogP contribution in [0.2, 0.25) is 0 Å². The fourth-order valence-electron chi connectivity index (χ4n) is 2.86. The molecule has 31 heavy (non-hydrogen) atoms. The second kappa shape index (κ2) is 12.2. The molecule has 2 amide bonds. The Morgan fingerprint density at radius 2 is 1.61 bits per heavy atom. The molecule has 0 unspecified atom stereocenters. The Kier molecular flexibility index (Phi) is 9.35. The molecule has 0 fully saturated rings. The van der Waals surface area contributed by atoms with Gasteiger partial charge in [-0.2, -0.15) is 0 Å². The van der Waals surface area contributed by atoms with Gasteiger partial charge in [-0.1, -0.05) is 25.1 Å². The van der Waals surface area contributed by atoms with Crippen LogP contribution < -0.4 is 20.1 Å². The SMILES string of the molecule is CCc1ccccc1NC(=O)CCCC(=O)OCC(=O)Nc1ccc(OC)cc1OC. The minimum absolute atomic E-state index is 0.0436. The van der Waals surface area contributed by atoms with Crippen LogP contribution >= 0.6 is 0 Å². The zero-order valence-corrected chi connectivity index (χ0v) is 18.0. The number of aryl methyl sites for hydroxylation is 1. The van der Waals surface area contributed by atoms with Gasteiger partial charge in [0, 0.05) is 24.6 Å². The predicted molar refractivity (Wildman–Crippen MR) is 117 cm³/mol. The minimum atomic E-state index is -0.543. The maximum Gasteiger partial charge on any atom is 0.306 e. The van der Waals surface area contributed by atoms with Crippen LogP contribution in [0.25, 0.3) is 0 Å². The number of anilines is 2. The van der Waals surface area contributed by atoms with Crippen molar-refractivity contribution in [1.29, 1.82) is 0 Å². The third-order valence-electron chi connectivity index (χ3n) is 4.50. The number of benzene rings is 2. The highest BCUT2D eigenvalue weighted by Crippen LogP contribution is 2.28. The lowest BCUT2D eigenvalue weighted by Crippen LogP contribution is -2.21. The van der Waals surface area contributed by atoms with Crippen molar-refractivity contribution in [2.24, 2.45) is 0 Å². The van der Waals surface area contributed by atoms with Crippen molar-refractivity contribution in [3.63, 3.8) is 0 Å². The average Bonchev–Trinajstić information content (AvgIpc) is 2.78. The van der Waals surface area contributed by atoms with Gasteiger partial charge in [0.05, 0.1) is 19.9 Å². The molecule has 0 spiro atoms. The van der Waals surface area contributed by atoms with E-state index in [4.69, 9.17) is 14.2 Å². The number of nitrogens with one attached hydrogen (secondary N) is 2. The Morgan fingerprint density at radius 3 is 2.32 bits per heavy atom. The normalized spacial score (nSPS) is 10.2. The molecular formula is C23H28N2O6. The Balaban J connectivity index is 1.71. The van der Waals surface area contributed by atoms with Gasteiger partial charge in [0.1, 0.15) is 11.5 Å². The molecule has 0 saturated heterocycles. The molecule has 2 aromatic carbocycles. The van der Waals surface area contributed by atoms with Gasteiger partial charge >= 0.3 is 5.97 Å². The van der Waals surface area contributed by atoms with Crippen LogP contribution in [0.1, 0.15) is 31.7 Å². The Hall–Kier alpha value is -3.55. The second-order valence-corrected chi connectivity index (χ2v) is 6.69. The van der Waals surface area contributed by atoms with E-state index in [0.29, 0.717) is 23.6 Å². The van der Waals surface area contributed by atoms with Crippen LogP contribution in [0.3, 0.4) is 0 Å². The van der Waals surface area contributed by atoms with Crippen LogP contribution in [0.5, 0.6) is 11.5 Å². The number of hydrogen-bond acceptors (Lipinski definition) is 6. The monoisotopic (exact) mass is 428 g/mol. The fraction of sp³-hybridized carbons (Fsp3) is 0.348. The van der Waals surface area contributed by atoms with E-state index in [0.717, 1.165) is 17.7 Å². The molecule has 8 nitrogen and oxygen atoms in total. The number of ether oxygens (including phenoxy) is 3. The van der Waals surface area contributed by atoms with Crippen LogP contribution in [0, 0.1) is 0 Å². The van der Waals surface area contributed by atoms with Gasteiger partial charge in [0.15, 0.2) is 6.61 Å². The lowest BCUT2D eigenvalue weighted by atomic mass is 10.1. The summed E-state index contributed by atoms with van der Waals surface area (Å²) < 4.78 is 15.3. The van der Waals surface area contributed by atoms with Gasteiger partial charge in [-0.25, -0.2) is 0 Å². The molecule has 2 N–H and O–H groups in total. The molecular weight excluding hydrogens is 400 g/mol. The number of hydrogen-bond donors (Lipinski definition) is 2. The van der Waals surface area contributed by atoms with Crippen molar-refractivity contribution in [3.05, 3.63) is 48.0 Å². The van der Waals surface area contributed by atoms with E-state index in [-0.39, 0.29) is 18.7 Å². The number of amides is 2. The number of para-hydroxylation sites is 1. The van der Waals surface area contributed by atoms with Crippen LogP contribution in [-0.2, 0) is 25.5 Å². The number of carbonyl (C=O) groups is 3. The number of rotatable bonds is 11. The molecule has 0 atom stereocenters. The molecule has 2 rings (SSSR count). The summed E-state index contributed by atoms with van der Waals surface area (Å²) in [5, 5.41) is 5.48. The van der Waals surface area contributed by atoms with Crippen molar-refractivity contribution in [2.75, 3.05) is 31.5 Å². The smallest absolute Gasteiger partial charge is 0.306 e. The Labute approximate surface area is 181 Å². The molecule has 0 radical (unpaired) electrons. The van der Waals surface area contributed by atoms with Crippen LogP contribution in [-0.4, -0.2) is 38.6 Å². The van der Waals surface area contributed by atoms with Crippen molar-refractivity contribution in [1.82, 2.24) is 0 Å². The van der Waals surface area contributed by atoms with Crippen molar-refractivity contribution >= 4 is 29.2 Å². The first-order valence-electron chi connectivity index (χ1n) is 10.0. The average molecular weight is 428 g/mol. The third kappa shape index (κ3) is 7.65. The molecule has 0 bridgehead atoms. The Bertz CT molecular complexity index is 913. The second-order valence-electron chi connectivity index (χ2n) is 6.69. The summed E-state index contributed by atoms with van der Waals surface area (Å²) in [6.07, 6.45) is 1.37. The van der Waals surface area contributed by atoms with Gasteiger partial charge in [0.2, 0.25) is 5.91 Å². The molecule has 0 aliphatic rings. The summed E-state index contributed by atoms with van der Waals surface area (Å²) in [6.45, 7) is 1.59. The summed E-state index contributed by atoms with van der Waals surface area (Å²) in [5.74, 6) is -0.194. The standard InChI is InChI=1S/C23H28N2O6/c1-4-16-8-5-6-9-18(16)24-21(26)10-7-11-23(28)31-15-22(27)25-19-13-12-17(29-2)14-20(19)30-3/h5-6,8-9,12-14H,4,7,10-11,15H2,1-3H3,(H,24,26)(H,25,27). The largest absolute Gasteiger partial charge is 0.497 e. The molecule has 0 aliphatic heterocycles. The summed E-state index contributed by atoms with van der Waals surface area (Å²) in [4.78, 5) is 36.0. The highest BCUT2D eigenvalue weighted by molar-refractivity contribution is 5.94. The zero-order valence-electron chi connectivity index (χ0n) is 18.0. The minimum Gasteiger partial charge on any atom is -0.497 e. The topological polar surface area (TPSA) is 103 Å². The van der Waals surface area contributed by atoms with E-state index in [1.54, 1.807) is 18.2 Å². The van der Waals surface area contributed by atoms with E-state index in [9.17, 15) is 14.4 Å². The molecule has 0 saturated carbocycles. The highest BCUT2D eigenvalue weighted by atomic mass is 16.5. The molecule has 0 aliphatic carbocycles. The van der Waals surface area contributed by atoms with Crippen molar-refractivity contribution in [2.45, 2.75) is 32.6 Å². The number of methoxy groups -OCH3 is 2. The predicted octanol–water partition coefficient (Wildman–Crippen LogP) is 3.56. The maximum atomic E-state index is 12.1. The van der Waals surface area contributed by atoms with Gasteiger partial charge in [-0.3, -0.25) is 14.4 Å². The molecule has 8 heteroatoms. The van der Waals surface area contributed by atoms with E-state index in [1.165, 1.54) is 14.2 Å². The first-order chi connectivity index (χ1) is 15.0. The molecule has 0 aromatic heterocycles. The molecule has 2 aromatic rings.